The summed E-state index contributed by atoms with van der Waals surface area (Å²) in [7, 11) is 0. The lowest BCUT2D eigenvalue weighted by molar-refractivity contribution is -0.139. The number of ketones is 2. The summed E-state index contributed by atoms with van der Waals surface area (Å²) in [5.74, 6) is 0.559. The number of carboxylic acid groups (broad SMARTS) is 1. The number of ether oxygens (including phenoxy) is 2. The fourth-order valence-electron chi connectivity index (χ4n) is 4.32. The Balaban J connectivity index is 1.31. The number of hydrogen-bond acceptors (Lipinski definition) is 12. The van der Waals surface area contributed by atoms with Gasteiger partial charge >= 0.3 is 5.97 Å². The molecular weight excluding hydrogens is 610 g/mol. The highest BCUT2D eigenvalue weighted by molar-refractivity contribution is 5.97. The van der Waals surface area contributed by atoms with E-state index in [2.05, 4.69) is 36.5 Å². The van der Waals surface area contributed by atoms with Crippen molar-refractivity contribution >= 4 is 46.2 Å². The molecule has 1 amide bonds. The van der Waals surface area contributed by atoms with E-state index in [0.29, 0.717) is 69.9 Å². The summed E-state index contributed by atoms with van der Waals surface area (Å²) in [5, 5.41) is 15.2. The molecule has 0 aliphatic carbocycles. The van der Waals surface area contributed by atoms with Gasteiger partial charge in [0.1, 0.15) is 17.6 Å². The van der Waals surface area contributed by atoms with Crippen molar-refractivity contribution in [2.24, 2.45) is 0 Å². The Bertz CT molecular complexity index is 1620. The van der Waals surface area contributed by atoms with Crippen LogP contribution >= 0.6 is 0 Å². The van der Waals surface area contributed by atoms with E-state index in [1.54, 1.807) is 12.1 Å². The summed E-state index contributed by atoms with van der Waals surface area (Å²) in [5.41, 5.74) is 6.57. The van der Waals surface area contributed by atoms with Gasteiger partial charge in [0, 0.05) is 56.6 Å². The lowest BCUT2D eigenvalue weighted by atomic mass is 10.1. The molecular formula is C32H39N7O8. The second-order valence-electron chi connectivity index (χ2n) is 10.5. The summed E-state index contributed by atoms with van der Waals surface area (Å²) in [4.78, 5) is 75.0. The number of aromatic amines is 1. The number of nitrogens with two attached hydrogens (primary N) is 1. The van der Waals surface area contributed by atoms with E-state index < -0.39 is 23.5 Å². The van der Waals surface area contributed by atoms with Crippen LogP contribution in [0.5, 0.6) is 0 Å². The number of anilines is 2. The number of benzene rings is 1. The Hall–Kier alpha value is -5.20. The van der Waals surface area contributed by atoms with Gasteiger partial charge in [0.2, 0.25) is 5.95 Å². The number of amides is 1. The van der Waals surface area contributed by atoms with E-state index in [0.717, 1.165) is 0 Å². The molecule has 250 valence electrons. The summed E-state index contributed by atoms with van der Waals surface area (Å²) in [6.45, 7) is 1.78. The molecule has 1 aromatic carbocycles. The fraction of sp³-hybridized carbons (Fsp3) is 0.438. The SMILES string of the molecule is C#CCCC(=O)CCCOCCOCCCC(=O)CC[C@H](NC(=O)c1ccc(NCc2cnc3nc(N)[nH]c(=O)c3n2)cc1)C(=O)O. The molecule has 1 atom stereocenters. The quantitative estimate of drug-likeness (QED) is 0.0776. The van der Waals surface area contributed by atoms with Gasteiger partial charge in [-0.15, -0.1) is 12.3 Å². The zero-order valence-corrected chi connectivity index (χ0v) is 26.0. The molecule has 2 aromatic heterocycles. The third-order valence-electron chi connectivity index (χ3n) is 6.83. The number of nitrogens with zero attached hydrogens (tertiary/aromatic N) is 3. The number of nitrogens with one attached hydrogen (secondary N) is 3. The van der Waals surface area contributed by atoms with E-state index in [-0.39, 0.29) is 60.0 Å². The molecule has 15 nitrogen and oxygen atoms in total. The van der Waals surface area contributed by atoms with Crippen molar-refractivity contribution in [2.75, 3.05) is 37.5 Å². The van der Waals surface area contributed by atoms with Gasteiger partial charge in [0.15, 0.2) is 11.2 Å². The average molecular weight is 650 g/mol. The first-order valence-corrected chi connectivity index (χ1v) is 15.2. The van der Waals surface area contributed by atoms with Gasteiger partial charge in [-0.2, -0.15) is 4.98 Å². The van der Waals surface area contributed by atoms with E-state index in [4.69, 9.17) is 21.6 Å². The van der Waals surface area contributed by atoms with Gasteiger partial charge in [-0.3, -0.25) is 24.2 Å². The first-order chi connectivity index (χ1) is 22.7. The number of fused-ring (bicyclic) bond motifs is 1. The number of nitrogen functional groups attached to an aromatic ring is 1. The van der Waals surface area contributed by atoms with Crippen molar-refractivity contribution in [1.82, 2.24) is 25.3 Å². The highest BCUT2D eigenvalue weighted by Gasteiger charge is 2.21. The minimum Gasteiger partial charge on any atom is -0.480 e. The van der Waals surface area contributed by atoms with Gasteiger partial charge in [0.25, 0.3) is 11.5 Å². The predicted molar refractivity (Wildman–Crippen MR) is 172 cm³/mol. The van der Waals surface area contributed by atoms with E-state index in [1.165, 1.54) is 18.3 Å². The zero-order chi connectivity index (χ0) is 34.0. The van der Waals surface area contributed by atoms with Crippen molar-refractivity contribution in [2.45, 2.75) is 64.0 Å². The van der Waals surface area contributed by atoms with Crippen LogP contribution in [-0.4, -0.2) is 81.0 Å². The van der Waals surface area contributed by atoms with Crippen LogP contribution in [0.15, 0.2) is 35.3 Å². The summed E-state index contributed by atoms with van der Waals surface area (Å²) in [6.07, 6.45) is 9.17. The molecule has 0 bridgehead atoms. The van der Waals surface area contributed by atoms with Crippen LogP contribution in [-0.2, 0) is 30.4 Å². The lowest BCUT2D eigenvalue weighted by Gasteiger charge is -2.14. The van der Waals surface area contributed by atoms with Crippen LogP contribution in [0.25, 0.3) is 11.2 Å². The van der Waals surface area contributed by atoms with E-state index in [9.17, 15) is 29.1 Å². The van der Waals surface area contributed by atoms with E-state index in [1.807, 2.05) is 0 Å². The van der Waals surface area contributed by atoms with Crippen LogP contribution < -0.4 is 21.9 Å². The molecule has 0 saturated heterocycles. The van der Waals surface area contributed by atoms with E-state index >= 15 is 0 Å². The Morgan fingerprint density at radius 3 is 2.26 bits per heavy atom. The Morgan fingerprint density at radius 2 is 1.62 bits per heavy atom. The minimum atomic E-state index is -1.24. The molecule has 0 aliphatic rings. The summed E-state index contributed by atoms with van der Waals surface area (Å²) >= 11 is 0. The number of H-pyrrole nitrogens is 1. The highest BCUT2D eigenvalue weighted by Crippen LogP contribution is 2.13. The smallest absolute Gasteiger partial charge is 0.326 e. The number of aromatic nitrogens is 4. The average Bonchev–Trinajstić information content (AvgIpc) is 3.05. The molecule has 3 aromatic rings. The maximum absolute atomic E-state index is 12.7. The second-order valence-corrected chi connectivity index (χ2v) is 10.5. The van der Waals surface area contributed by atoms with Crippen LogP contribution in [0, 0.1) is 12.3 Å². The minimum absolute atomic E-state index is 0.00371. The number of terminal acetylenes is 1. The van der Waals surface area contributed by atoms with Gasteiger partial charge < -0.3 is 30.9 Å². The monoisotopic (exact) mass is 649 g/mol. The van der Waals surface area contributed by atoms with Crippen molar-refractivity contribution in [1.29, 1.82) is 0 Å². The van der Waals surface area contributed by atoms with Crippen molar-refractivity contribution in [3.05, 3.63) is 52.1 Å². The molecule has 0 saturated carbocycles. The third kappa shape index (κ3) is 13.0. The predicted octanol–water partition coefficient (Wildman–Crippen LogP) is 2.02. The van der Waals surface area contributed by atoms with Gasteiger partial charge in [0.05, 0.1) is 31.6 Å². The molecule has 0 radical (unpaired) electrons. The van der Waals surface area contributed by atoms with Crippen LogP contribution in [0.2, 0.25) is 0 Å². The Kier molecular flexibility index (Phi) is 14.9. The lowest BCUT2D eigenvalue weighted by Crippen LogP contribution is -2.41. The first kappa shape index (κ1) is 36.3. The summed E-state index contributed by atoms with van der Waals surface area (Å²) < 4.78 is 10.9. The topological polar surface area (TPSA) is 229 Å². The highest BCUT2D eigenvalue weighted by atomic mass is 16.5. The molecule has 47 heavy (non-hydrogen) atoms. The van der Waals surface area contributed by atoms with Gasteiger partial charge in [-0.05, 0) is 43.5 Å². The zero-order valence-electron chi connectivity index (χ0n) is 26.0. The molecule has 6 N–H and O–H groups in total. The molecule has 3 rings (SSSR count). The van der Waals surface area contributed by atoms with Gasteiger partial charge in [-0.25, -0.2) is 14.8 Å². The second kappa shape index (κ2) is 19.3. The van der Waals surface area contributed by atoms with Crippen LogP contribution in [0.1, 0.15) is 67.4 Å². The first-order valence-electron chi connectivity index (χ1n) is 15.2. The van der Waals surface area contributed by atoms with Crippen LogP contribution in [0.4, 0.5) is 11.6 Å². The third-order valence-corrected chi connectivity index (χ3v) is 6.83. The molecule has 0 fully saturated rings. The Labute approximate surface area is 271 Å². The number of carbonyl (C=O) groups is 4. The number of Topliss-reactive ketones (excluding diaryl/α,β-unsaturated/α-hetero) is 2. The summed E-state index contributed by atoms with van der Waals surface area (Å²) in [6, 6.07) is 5.10. The van der Waals surface area contributed by atoms with Crippen molar-refractivity contribution in [3.8, 4) is 12.3 Å². The maximum atomic E-state index is 12.7. The number of carboxylic acids is 1. The molecule has 0 aliphatic heterocycles. The molecule has 15 heteroatoms. The van der Waals surface area contributed by atoms with Gasteiger partial charge in [-0.1, -0.05) is 0 Å². The number of aliphatic carboxylic acids is 1. The van der Waals surface area contributed by atoms with Crippen molar-refractivity contribution < 1.29 is 33.8 Å². The number of hydrogen-bond donors (Lipinski definition) is 5. The normalized spacial score (nSPS) is 11.5. The molecule has 0 spiro atoms. The number of carbonyl (C=O) groups excluding carboxylic acids is 3. The molecule has 2 heterocycles. The maximum Gasteiger partial charge on any atom is 0.326 e. The van der Waals surface area contributed by atoms with Crippen LogP contribution in [0.3, 0.4) is 0 Å². The standard InChI is InChI=1S/C32H39N7O8/c1-2-3-6-24(40)7-4-15-46-17-18-47-16-5-8-25(41)13-14-26(31(44)45)37-29(42)21-9-11-22(12-10-21)34-19-23-20-35-28-27(36-23)30(43)39-32(33)38-28/h1,9-12,20,26,34H,3-8,13-19H2,(H,37,42)(H,44,45)(H3,33,35,38,39,43)/t26-/m0/s1. The molecule has 0 unspecified atom stereocenters. The number of rotatable bonds is 22. The largest absolute Gasteiger partial charge is 0.480 e. The Morgan fingerprint density at radius 1 is 0.957 bits per heavy atom. The fourth-order valence-corrected chi connectivity index (χ4v) is 4.32. The van der Waals surface area contributed by atoms with Crippen molar-refractivity contribution in [3.63, 3.8) is 0 Å².